The highest BCUT2D eigenvalue weighted by molar-refractivity contribution is 5.69. The molecule has 1 atom stereocenters. The molecule has 0 heterocycles. The van der Waals surface area contributed by atoms with E-state index in [1.54, 1.807) is 14.0 Å². The van der Waals surface area contributed by atoms with E-state index in [1.165, 1.54) is 5.56 Å². The fraction of sp³-hybridized carbons (Fsp3) is 0.533. The van der Waals surface area contributed by atoms with E-state index in [1.807, 2.05) is 12.1 Å². The fourth-order valence-electron chi connectivity index (χ4n) is 1.87. The summed E-state index contributed by atoms with van der Waals surface area (Å²) in [5.41, 5.74) is 2.31. The van der Waals surface area contributed by atoms with Gasteiger partial charge in [0.05, 0.1) is 13.0 Å². The van der Waals surface area contributed by atoms with Gasteiger partial charge in [-0.2, -0.15) is 0 Å². The lowest BCUT2D eigenvalue weighted by atomic mass is 9.99. The third kappa shape index (κ3) is 4.56. The van der Waals surface area contributed by atoms with Crippen LogP contribution in [0.2, 0.25) is 0 Å². The Bertz CT molecular complexity index is 429. The summed E-state index contributed by atoms with van der Waals surface area (Å²) >= 11 is 0. The molecule has 0 aromatic heterocycles. The highest BCUT2D eigenvalue weighted by Gasteiger charge is 2.11. The molecular weight excluding hydrogens is 242 g/mol. The Morgan fingerprint density at radius 1 is 1.37 bits per heavy atom. The minimum Gasteiger partial charge on any atom is -0.496 e. The molecule has 0 spiro atoms. The predicted molar refractivity (Wildman–Crippen MR) is 75.6 cm³/mol. The lowest BCUT2D eigenvalue weighted by molar-refractivity contribution is -0.140. The van der Waals surface area contributed by atoms with Gasteiger partial charge in [-0.25, -0.2) is 0 Å². The van der Waals surface area contributed by atoms with E-state index in [9.17, 15) is 4.79 Å². The number of hydrogen-bond acceptors (Lipinski definition) is 3. The Hall–Kier alpha value is -1.55. The highest BCUT2D eigenvalue weighted by Crippen LogP contribution is 2.27. The maximum atomic E-state index is 10.7. The van der Waals surface area contributed by atoms with Gasteiger partial charge < -0.3 is 15.2 Å². The van der Waals surface area contributed by atoms with E-state index < -0.39 is 5.97 Å². The van der Waals surface area contributed by atoms with E-state index in [4.69, 9.17) is 9.84 Å². The molecule has 106 valence electrons. The molecule has 2 N–H and O–H groups in total. The van der Waals surface area contributed by atoms with Crippen molar-refractivity contribution in [2.45, 2.75) is 33.2 Å². The Balaban J connectivity index is 2.64. The second-order valence-electron chi connectivity index (χ2n) is 5.10. The first-order valence-corrected chi connectivity index (χ1v) is 6.56. The lowest BCUT2D eigenvalue weighted by Crippen LogP contribution is -2.25. The third-order valence-electron chi connectivity index (χ3n) is 3.12. The van der Waals surface area contributed by atoms with Crippen molar-refractivity contribution in [3.8, 4) is 5.75 Å². The van der Waals surface area contributed by atoms with Crippen LogP contribution in [0.1, 0.15) is 37.8 Å². The van der Waals surface area contributed by atoms with Gasteiger partial charge in [-0.1, -0.05) is 32.9 Å². The van der Waals surface area contributed by atoms with Crippen LogP contribution >= 0.6 is 0 Å². The van der Waals surface area contributed by atoms with E-state index in [0.29, 0.717) is 19.0 Å². The van der Waals surface area contributed by atoms with E-state index in [0.717, 1.165) is 11.3 Å². The summed E-state index contributed by atoms with van der Waals surface area (Å²) in [5, 5.41) is 12.0. The number of methoxy groups -OCH3 is 1. The summed E-state index contributed by atoms with van der Waals surface area (Å²) in [6.45, 7) is 7.09. The molecular formula is C15H23NO3. The van der Waals surface area contributed by atoms with Crippen LogP contribution in [0, 0.1) is 5.92 Å². The van der Waals surface area contributed by atoms with Crippen molar-refractivity contribution in [3.05, 3.63) is 29.3 Å². The number of hydrogen-bond donors (Lipinski definition) is 2. The Labute approximate surface area is 114 Å². The molecule has 0 aliphatic rings. The van der Waals surface area contributed by atoms with Crippen molar-refractivity contribution in [1.29, 1.82) is 0 Å². The van der Waals surface area contributed by atoms with Gasteiger partial charge in [-0.3, -0.25) is 4.79 Å². The van der Waals surface area contributed by atoms with Crippen molar-refractivity contribution in [1.82, 2.24) is 5.32 Å². The first-order chi connectivity index (χ1) is 8.95. The average molecular weight is 265 g/mol. The van der Waals surface area contributed by atoms with Gasteiger partial charge in [0.1, 0.15) is 5.75 Å². The number of carboxylic acid groups (broad SMARTS) is 1. The number of carbonyl (C=O) groups is 1. The molecule has 0 amide bonds. The van der Waals surface area contributed by atoms with Crippen molar-refractivity contribution >= 4 is 5.97 Å². The monoisotopic (exact) mass is 265 g/mol. The molecule has 0 aliphatic carbocycles. The number of carboxylic acids is 1. The first-order valence-electron chi connectivity index (χ1n) is 6.56. The van der Waals surface area contributed by atoms with Gasteiger partial charge in [0.15, 0.2) is 0 Å². The third-order valence-corrected chi connectivity index (χ3v) is 3.12. The molecule has 4 nitrogen and oxygen atoms in total. The SMILES string of the molecule is COc1ccc(CNCC(C)C(=O)O)cc1C(C)C. The standard InChI is InChI=1S/C15H23NO3/c1-10(2)13-7-12(5-6-14(13)19-4)9-16-8-11(3)15(17)18/h5-7,10-11,16H,8-9H2,1-4H3,(H,17,18). The van der Waals surface area contributed by atoms with Gasteiger partial charge in [-0.15, -0.1) is 0 Å². The van der Waals surface area contributed by atoms with Crippen LogP contribution < -0.4 is 10.1 Å². The van der Waals surface area contributed by atoms with Crippen LogP contribution in [0.4, 0.5) is 0 Å². The molecule has 1 rings (SSSR count). The molecule has 0 bridgehead atoms. The summed E-state index contributed by atoms with van der Waals surface area (Å²) in [6, 6.07) is 6.08. The molecule has 4 heteroatoms. The first kappa shape index (κ1) is 15.5. The van der Waals surface area contributed by atoms with Gasteiger partial charge in [-0.05, 0) is 23.1 Å². The summed E-state index contributed by atoms with van der Waals surface area (Å²) in [5.74, 6) is 0.151. The molecule has 0 saturated heterocycles. The largest absolute Gasteiger partial charge is 0.496 e. The molecule has 19 heavy (non-hydrogen) atoms. The zero-order valence-corrected chi connectivity index (χ0v) is 12.1. The van der Waals surface area contributed by atoms with E-state index in [2.05, 4.69) is 25.2 Å². The van der Waals surface area contributed by atoms with E-state index >= 15 is 0 Å². The molecule has 1 aromatic rings. The smallest absolute Gasteiger partial charge is 0.307 e. The molecule has 1 aromatic carbocycles. The van der Waals surface area contributed by atoms with Crippen LogP contribution in [0.25, 0.3) is 0 Å². The minimum absolute atomic E-state index is 0.372. The predicted octanol–water partition coefficient (Wildman–Crippen LogP) is 2.63. The molecule has 0 radical (unpaired) electrons. The number of nitrogens with one attached hydrogen (secondary N) is 1. The van der Waals surface area contributed by atoms with E-state index in [-0.39, 0.29) is 5.92 Å². The zero-order valence-electron chi connectivity index (χ0n) is 12.1. The summed E-state index contributed by atoms with van der Waals surface area (Å²) < 4.78 is 5.34. The average Bonchev–Trinajstić information content (AvgIpc) is 2.38. The maximum absolute atomic E-state index is 10.7. The van der Waals surface area contributed by atoms with Gasteiger partial charge in [0.2, 0.25) is 0 Å². The Kier molecular flexibility index (Phi) is 5.83. The second-order valence-corrected chi connectivity index (χ2v) is 5.10. The van der Waals surface area contributed by atoms with Crippen molar-refractivity contribution < 1.29 is 14.6 Å². The number of ether oxygens (including phenoxy) is 1. The summed E-state index contributed by atoms with van der Waals surface area (Å²) in [4.78, 5) is 10.7. The van der Waals surface area contributed by atoms with Crippen LogP contribution in [-0.4, -0.2) is 24.7 Å². The fourth-order valence-corrected chi connectivity index (χ4v) is 1.87. The number of aliphatic carboxylic acids is 1. The van der Waals surface area contributed by atoms with Crippen molar-refractivity contribution in [3.63, 3.8) is 0 Å². The zero-order chi connectivity index (χ0) is 14.4. The summed E-state index contributed by atoms with van der Waals surface area (Å²) in [6.07, 6.45) is 0. The number of benzene rings is 1. The topological polar surface area (TPSA) is 58.6 Å². The Morgan fingerprint density at radius 2 is 2.05 bits per heavy atom. The molecule has 0 aliphatic heterocycles. The number of rotatable bonds is 7. The summed E-state index contributed by atoms with van der Waals surface area (Å²) in [7, 11) is 1.67. The molecule has 0 saturated carbocycles. The normalized spacial score (nSPS) is 12.5. The maximum Gasteiger partial charge on any atom is 0.307 e. The van der Waals surface area contributed by atoms with Crippen LogP contribution in [-0.2, 0) is 11.3 Å². The minimum atomic E-state index is -0.773. The van der Waals surface area contributed by atoms with Gasteiger partial charge in [0.25, 0.3) is 0 Å². The van der Waals surface area contributed by atoms with Crippen molar-refractivity contribution in [2.75, 3.05) is 13.7 Å². The molecule has 1 unspecified atom stereocenters. The van der Waals surface area contributed by atoms with Crippen LogP contribution in [0.5, 0.6) is 5.75 Å². The lowest BCUT2D eigenvalue weighted by Gasteiger charge is -2.14. The van der Waals surface area contributed by atoms with Gasteiger partial charge in [0, 0.05) is 13.1 Å². The van der Waals surface area contributed by atoms with Crippen LogP contribution in [0.3, 0.4) is 0 Å². The van der Waals surface area contributed by atoms with Crippen LogP contribution in [0.15, 0.2) is 18.2 Å². The highest BCUT2D eigenvalue weighted by atomic mass is 16.5. The Morgan fingerprint density at radius 3 is 2.58 bits per heavy atom. The van der Waals surface area contributed by atoms with Gasteiger partial charge >= 0.3 is 5.97 Å². The quantitative estimate of drug-likeness (QED) is 0.795. The van der Waals surface area contributed by atoms with Crippen molar-refractivity contribution in [2.24, 2.45) is 5.92 Å². The second kappa shape index (κ2) is 7.14. The molecule has 0 fully saturated rings.